The Labute approximate surface area is 361 Å². The minimum Gasteiger partial charge on any atom is -0.507 e. The maximum Gasteiger partial charge on any atom is 0.307 e. The summed E-state index contributed by atoms with van der Waals surface area (Å²) in [5.41, 5.74) is -1.94. The molecule has 336 valence electrons. The number of aliphatic hydroxyl groups is 4. The van der Waals surface area contributed by atoms with Crippen LogP contribution < -0.4 is 31.0 Å². The largest absolute Gasteiger partial charge is 0.507 e. The molecule has 0 spiro atoms. The molecule has 3 aliphatic heterocycles. The van der Waals surface area contributed by atoms with Crippen molar-refractivity contribution in [3.63, 3.8) is 0 Å². The van der Waals surface area contributed by atoms with Crippen molar-refractivity contribution >= 4 is 62.0 Å². The van der Waals surface area contributed by atoms with Crippen molar-refractivity contribution in [3.8, 4) is 11.5 Å². The first-order valence-electron chi connectivity index (χ1n) is 20.8. The van der Waals surface area contributed by atoms with Crippen LogP contribution in [0, 0.1) is 30.6 Å². The van der Waals surface area contributed by atoms with Crippen LogP contribution in [0.15, 0.2) is 62.3 Å². The lowest BCUT2D eigenvalue weighted by Gasteiger charge is -2.38. The summed E-state index contributed by atoms with van der Waals surface area (Å²) < 4.78 is 30.2. The fraction of sp³-hybridized carbons (Fsp3) is 0.457. The number of β-amino-alcohol motifs (C(OH)–C–C–N with tert-alkyl or cyclic N) is 1. The standard InChI is InChI=1S/C46H53N3O14/c1-19-11-10-12-20(2)45(58)48-36-40(56)32-31(35-43(36)62-30-16-26(49-17-27(51)18-49)15-28(52)34(30)47-35)33-42(24(6)39(32)55)63-46(8,44(33)57)60-14-13-29(59-9)21(3)41(61-25(7)50)23(5)38(54)22(4)37(19)53/h10-16,19,21-23,27,29,37-38,41,51,53-55,57H,17-18H2,1-9H3,(H,48,58)/b11-10+,14-13+,20-12-/t19-,21+,22+,23+,29-,37-,38+,41+,46-/m0/s1. The number of carbonyl (C=O) groups is 2. The third kappa shape index (κ3) is 7.87. The zero-order valence-electron chi connectivity index (χ0n) is 36.5. The molecule has 17 nitrogen and oxygen atoms in total. The van der Waals surface area contributed by atoms with Crippen molar-refractivity contribution in [1.82, 2.24) is 4.98 Å². The van der Waals surface area contributed by atoms with Crippen LogP contribution in [0.4, 0.5) is 11.4 Å². The van der Waals surface area contributed by atoms with Gasteiger partial charge in [-0.15, -0.1) is 0 Å². The predicted molar refractivity (Wildman–Crippen MR) is 233 cm³/mol. The molecule has 7 rings (SSSR count). The van der Waals surface area contributed by atoms with E-state index >= 15 is 0 Å². The predicted octanol–water partition coefficient (Wildman–Crippen LogP) is 3.74. The number of fused-ring (bicyclic) bond motifs is 2. The summed E-state index contributed by atoms with van der Waals surface area (Å²) in [6.45, 7) is 13.0. The smallest absolute Gasteiger partial charge is 0.307 e. The van der Waals surface area contributed by atoms with Gasteiger partial charge in [-0.1, -0.05) is 45.9 Å². The fourth-order valence-corrected chi connectivity index (χ4v) is 8.73. The number of esters is 1. The summed E-state index contributed by atoms with van der Waals surface area (Å²) in [5.74, 6) is -7.07. The third-order valence-electron chi connectivity index (χ3n) is 12.6. The Balaban J connectivity index is 1.48. The number of amides is 1. The van der Waals surface area contributed by atoms with Crippen LogP contribution in [0.5, 0.6) is 11.5 Å². The maximum atomic E-state index is 14.7. The average Bonchev–Trinajstić information content (AvgIpc) is 3.49. The number of nitrogens with zero attached hydrogens (tertiary/aromatic N) is 2. The Hall–Kier alpha value is -6.01. The summed E-state index contributed by atoms with van der Waals surface area (Å²) in [6, 6.07) is 2.87. The lowest BCUT2D eigenvalue weighted by Crippen LogP contribution is -2.51. The Kier molecular flexibility index (Phi) is 12.1. The van der Waals surface area contributed by atoms with Crippen molar-refractivity contribution in [2.45, 2.75) is 91.7 Å². The third-order valence-corrected chi connectivity index (χ3v) is 12.6. The van der Waals surface area contributed by atoms with E-state index in [1.807, 2.05) is 0 Å². The molecule has 4 aromatic rings. The van der Waals surface area contributed by atoms with Crippen molar-refractivity contribution < 1.29 is 58.5 Å². The molecule has 1 saturated heterocycles. The number of benzene rings is 3. The van der Waals surface area contributed by atoms with E-state index < -0.39 is 99.9 Å². The van der Waals surface area contributed by atoms with Gasteiger partial charge in [0.2, 0.25) is 10.9 Å². The van der Waals surface area contributed by atoms with E-state index in [1.54, 1.807) is 44.7 Å². The van der Waals surface area contributed by atoms with E-state index in [0.29, 0.717) is 5.69 Å². The number of rotatable bonds is 3. The Morgan fingerprint density at radius 2 is 1.65 bits per heavy atom. The zero-order valence-corrected chi connectivity index (χ0v) is 36.5. The van der Waals surface area contributed by atoms with Gasteiger partial charge in [0.1, 0.15) is 28.8 Å². The summed E-state index contributed by atoms with van der Waals surface area (Å²) >= 11 is 0. The minimum atomic E-state index is -1.99. The average molecular weight is 872 g/mol. The second-order valence-corrected chi connectivity index (χ2v) is 17.1. The highest BCUT2D eigenvalue weighted by Gasteiger charge is 2.44. The Morgan fingerprint density at radius 3 is 2.30 bits per heavy atom. The van der Waals surface area contributed by atoms with Crippen LogP contribution in [0.3, 0.4) is 0 Å². The number of hydrogen-bond acceptors (Lipinski definition) is 16. The number of phenolic OH excluding ortho intramolecular Hbond substituents is 1. The highest BCUT2D eigenvalue weighted by atomic mass is 16.7. The van der Waals surface area contributed by atoms with E-state index in [2.05, 4.69) is 10.3 Å². The molecular formula is C46H53N3O14. The molecule has 1 aromatic heterocycles. The Bertz CT molecular complexity index is 2790. The van der Waals surface area contributed by atoms with Gasteiger partial charge in [0.05, 0.1) is 41.3 Å². The van der Waals surface area contributed by atoms with E-state index in [9.17, 15) is 44.7 Å². The van der Waals surface area contributed by atoms with Gasteiger partial charge in [0, 0.05) is 92.1 Å². The van der Waals surface area contributed by atoms with Gasteiger partial charge < -0.3 is 59.1 Å². The zero-order chi connectivity index (χ0) is 46.0. The van der Waals surface area contributed by atoms with Gasteiger partial charge in [-0.3, -0.25) is 19.2 Å². The maximum absolute atomic E-state index is 14.7. The summed E-state index contributed by atoms with van der Waals surface area (Å²) in [7, 11) is 1.43. The van der Waals surface area contributed by atoms with Gasteiger partial charge >= 0.3 is 11.8 Å². The molecule has 6 N–H and O–H groups in total. The van der Waals surface area contributed by atoms with E-state index in [4.69, 9.17) is 23.4 Å². The molecular weight excluding hydrogens is 819 g/mol. The van der Waals surface area contributed by atoms with Crippen LogP contribution in [0.2, 0.25) is 0 Å². The minimum absolute atomic E-state index is 0.0372. The Morgan fingerprint density at radius 1 is 0.952 bits per heavy atom. The molecule has 1 fully saturated rings. The lowest BCUT2D eigenvalue weighted by molar-refractivity contribution is -0.160. The van der Waals surface area contributed by atoms with Crippen LogP contribution in [0.1, 0.15) is 54.0 Å². The summed E-state index contributed by atoms with van der Waals surface area (Å²) in [4.78, 5) is 61.1. The first-order chi connectivity index (χ1) is 29.7. The van der Waals surface area contributed by atoms with Gasteiger partial charge in [-0.2, -0.15) is 0 Å². The number of allylic oxidation sites excluding steroid dienone is 2. The highest BCUT2D eigenvalue weighted by molar-refractivity contribution is 6.16. The topological polar surface area (TPSA) is 248 Å². The van der Waals surface area contributed by atoms with Crippen LogP contribution in [-0.4, -0.2) is 98.9 Å². The van der Waals surface area contributed by atoms with E-state index in [0.717, 1.165) is 0 Å². The van der Waals surface area contributed by atoms with Gasteiger partial charge in [-0.25, -0.2) is 4.98 Å². The second-order valence-electron chi connectivity index (χ2n) is 17.1. The number of nitrogens with one attached hydrogen (secondary N) is 1. The number of phenols is 1. The van der Waals surface area contributed by atoms with Crippen LogP contribution in [0.25, 0.3) is 38.7 Å². The number of aromatic nitrogens is 1. The SMILES string of the molecule is CO[C@H]1/C=C/O[C@@]2(C)Oc3c(C)c(O)c4c(=O)c(c5oc6cc(N7CC(O)C7)cc(=O)c6nc5c4c3=C2O)NC(=O)/C(C)=C\C=C\[C@H](C)[C@H](O)[C@@H](C)[C@@H](O)[C@@H](C)[C@H](OC(C)=O)[C@@H]1C. The molecule has 3 aliphatic rings. The first kappa shape index (κ1) is 45.0. The number of aliphatic hydroxyl groups excluding tert-OH is 4. The quantitative estimate of drug-likeness (QED) is 0.0975. The molecule has 0 radical (unpaired) electrons. The fourth-order valence-electron chi connectivity index (χ4n) is 8.73. The second kappa shape index (κ2) is 16.9. The number of aromatic hydroxyl groups is 1. The summed E-state index contributed by atoms with van der Waals surface area (Å²) in [5, 5.41) is 58.8. The van der Waals surface area contributed by atoms with Crippen molar-refractivity contribution in [1.29, 1.82) is 0 Å². The van der Waals surface area contributed by atoms with Crippen molar-refractivity contribution in [2.75, 3.05) is 30.4 Å². The molecule has 4 heterocycles. The number of hydrogen-bond donors (Lipinski definition) is 6. The highest BCUT2D eigenvalue weighted by Crippen LogP contribution is 2.42. The molecule has 4 bridgehead atoms. The number of carbonyl (C=O) groups excluding carboxylic acids is 2. The van der Waals surface area contributed by atoms with E-state index in [1.165, 1.54) is 65.4 Å². The van der Waals surface area contributed by atoms with Crippen LogP contribution >= 0.6 is 0 Å². The molecule has 17 heteroatoms. The van der Waals surface area contributed by atoms with Gasteiger partial charge in [0.25, 0.3) is 5.91 Å². The van der Waals surface area contributed by atoms with Gasteiger partial charge in [0.15, 0.2) is 22.4 Å². The monoisotopic (exact) mass is 871 g/mol. The number of ether oxygens (including phenoxy) is 4. The van der Waals surface area contributed by atoms with E-state index in [-0.39, 0.29) is 68.2 Å². The molecule has 1 amide bonds. The normalized spacial score (nSPS) is 30.4. The van der Waals surface area contributed by atoms with Crippen molar-refractivity contribution in [3.05, 3.63) is 79.5 Å². The van der Waals surface area contributed by atoms with Crippen LogP contribution in [-0.2, 0) is 23.8 Å². The molecule has 0 saturated carbocycles. The first-order valence-corrected chi connectivity index (χ1v) is 20.8. The summed E-state index contributed by atoms with van der Waals surface area (Å²) in [6.07, 6.45) is 2.85. The van der Waals surface area contributed by atoms with Gasteiger partial charge in [-0.05, 0) is 19.9 Å². The van der Waals surface area contributed by atoms with Crippen molar-refractivity contribution in [2.24, 2.45) is 23.7 Å². The molecule has 9 atom stereocenters. The number of anilines is 2. The number of methoxy groups -OCH3 is 1. The lowest BCUT2D eigenvalue weighted by atomic mass is 9.78. The molecule has 0 aliphatic carbocycles. The molecule has 3 aromatic carbocycles. The molecule has 63 heavy (non-hydrogen) atoms. The molecule has 0 unspecified atom stereocenters.